The number of carbonyl (C=O) groups is 4. The molecule has 1 saturated heterocycles. The lowest BCUT2D eigenvalue weighted by Gasteiger charge is -2.27. The second-order valence-corrected chi connectivity index (χ2v) is 9.04. The fraction of sp³-hybridized carbons (Fsp3) is 0.652. The summed E-state index contributed by atoms with van der Waals surface area (Å²) in [6.07, 6.45) is -0.225. The van der Waals surface area contributed by atoms with Gasteiger partial charge in [-0.05, 0) is 19.9 Å². The molecule has 2 heterocycles. The van der Waals surface area contributed by atoms with Gasteiger partial charge in [-0.15, -0.1) is 0 Å². The zero-order valence-corrected chi connectivity index (χ0v) is 19.3. The molecule has 0 spiro atoms. The minimum atomic E-state index is -0.826. The van der Waals surface area contributed by atoms with Crippen LogP contribution in [0.4, 0.5) is 0 Å². The first-order chi connectivity index (χ1) is 14.9. The number of hydrogen-bond acceptors (Lipinski definition) is 9. The topological polar surface area (TPSA) is 118 Å². The van der Waals surface area contributed by atoms with Gasteiger partial charge in [-0.1, -0.05) is 19.4 Å². The summed E-state index contributed by atoms with van der Waals surface area (Å²) >= 11 is 0. The molecule has 0 N–H and O–H groups in total. The third-order valence-electron chi connectivity index (χ3n) is 5.75. The largest absolute Gasteiger partial charge is 0.461 e. The molecule has 9 heteroatoms. The number of carbonyl (C=O) groups excluding carboxylic acids is 4. The average Bonchev–Trinajstić information content (AvgIpc) is 3.19. The Hall–Kier alpha value is -2.68. The van der Waals surface area contributed by atoms with Gasteiger partial charge in [0.25, 0.3) is 0 Å². The number of ether oxygens (including phenoxy) is 5. The lowest BCUT2D eigenvalue weighted by molar-refractivity contribution is -0.151. The number of hydrogen-bond donors (Lipinski definition) is 0. The highest BCUT2D eigenvalue weighted by molar-refractivity contribution is 5.93. The summed E-state index contributed by atoms with van der Waals surface area (Å²) in [6.45, 7) is 9.41. The fourth-order valence-electron chi connectivity index (χ4n) is 4.18. The van der Waals surface area contributed by atoms with Crippen LogP contribution in [0.1, 0.15) is 54.4 Å². The smallest absolute Gasteiger partial charge is 0.338 e. The van der Waals surface area contributed by atoms with Crippen LogP contribution >= 0.6 is 0 Å². The molecule has 0 amide bonds. The van der Waals surface area contributed by atoms with Crippen molar-refractivity contribution in [2.24, 2.45) is 5.92 Å². The molecule has 176 valence electrons. The summed E-state index contributed by atoms with van der Waals surface area (Å²) in [5.74, 6) is -2.42. The highest BCUT2D eigenvalue weighted by Crippen LogP contribution is 2.49. The summed E-state index contributed by atoms with van der Waals surface area (Å²) in [5, 5.41) is 0. The Kier molecular flexibility index (Phi) is 6.78. The normalized spacial score (nSPS) is 33.3. The van der Waals surface area contributed by atoms with E-state index >= 15 is 0 Å². The lowest BCUT2D eigenvalue weighted by Crippen LogP contribution is -2.35. The van der Waals surface area contributed by atoms with Crippen LogP contribution in [0.5, 0.6) is 0 Å². The van der Waals surface area contributed by atoms with Gasteiger partial charge in [0.15, 0.2) is 6.10 Å². The average molecular weight is 450 g/mol. The van der Waals surface area contributed by atoms with Crippen LogP contribution in [0.15, 0.2) is 22.8 Å². The molecule has 0 aromatic rings. The molecular formula is C23H30O9. The molecule has 3 aliphatic rings. The van der Waals surface area contributed by atoms with Crippen molar-refractivity contribution >= 4 is 23.9 Å². The summed E-state index contributed by atoms with van der Waals surface area (Å²) in [5.41, 5.74) is 0.707. The van der Waals surface area contributed by atoms with E-state index in [0.717, 1.165) is 5.57 Å². The Morgan fingerprint density at radius 2 is 1.88 bits per heavy atom. The molecule has 3 rings (SSSR count). The molecule has 0 unspecified atom stereocenters. The SMILES string of the molecule is CC(=O)OCC1=C2[C@@H](OC(=O)C(C)C)C/C(C)=C/[C@H](OC(C)=O)C[C@@]3(C)O[C@H]3[C@H]2OC1=O. The van der Waals surface area contributed by atoms with Gasteiger partial charge in [0.1, 0.15) is 30.5 Å². The van der Waals surface area contributed by atoms with E-state index < -0.39 is 53.9 Å². The van der Waals surface area contributed by atoms with Gasteiger partial charge in [-0.25, -0.2) is 4.79 Å². The van der Waals surface area contributed by atoms with Gasteiger partial charge in [0, 0.05) is 32.3 Å². The predicted molar refractivity (Wildman–Crippen MR) is 110 cm³/mol. The molecule has 0 radical (unpaired) electrons. The molecule has 1 aliphatic carbocycles. The highest BCUT2D eigenvalue weighted by atomic mass is 16.7. The monoisotopic (exact) mass is 450 g/mol. The molecule has 5 atom stereocenters. The molecular weight excluding hydrogens is 420 g/mol. The highest BCUT2D eigenvalue weighted by Gasteiger charge is 2.62. The van der Waals surface area contributed by atoms with E-state index in [1.165, 1.54) is 13.8 Å². The van der Waals surface area contributed by atoms with Crippen molar-refractivity contribution in [2.45, 2.75) is 84.4 Å². The van der Waals surface area contributed by atoms with Crippen LogP contribution < -0.4 is 0 Å². The second kappa shape index (κ2) is 9.05. The maximum Gasteiger partial charge on any atom is 0.338 e. The van der Waals surface area contributed by atoms with E-state index in [1.54, 1.807) is 13.8 Å². The lowest BCUT2D eigenvalue weighted by atomic mass is 9.86. The van der Waals surface area contributed by atoms with E-state index in [2.05, 4.69) is 0 Å². The molecule has 32 heavy (non-hydrogen) atoms. The van der Waals surface area contributed by atoms with Crippen molar-refractivity contribution in [3.05, 3.63) is 22.8 Å². The van der Waals surface area contributed by atoms with Gasteiger partial charge < -0.3 is 23.7 Å². The number of rotatable bonds is 5. The standard InChI is InChI=1S/C23H30O9/c1-11(2)21(26)30-17-8-12(3)7-15(29-14(5)25)9-23(6)20(32-23)19-18(17)16(22(27)31-19)10-28-13(4)24/h7,11,15,17,19-20H,8-10H2,1-6H3/b12-7+/t15-,17-,19-,20-,23+/m0/s1. The first kappa shape index (κ1) is 24.0. The van der Waals surface area contributed by atoms with E-state index in [0.29, 0.717) is 12.0 Å². The first-order valence-electron chi connectivity index (χ1n) is 10.7. The van der Waals surface area contributed by atoms with Crippen molar-refractivity contribution in [2.75, 3.05) is 6.61 Å². The molecule has 1 fully saturated rings. The molecule has 0 aromatic heterocycles. The van der Waals surface area contributed by atoms with Crippen LogP contribution in [-0.2, 0) is 42.9 Å². The van der Waals surface area contributed by atoms with Crippen molar-refractivity contribution in [1.29, 1.82) is 0 Å². The van der Waals surface area contributed by atoms with Crippen molar-refractivity contribution < 1.29 is 42.9 Å². The van der Waals surface area contributed by atoms with Crippen molar-refractivity contribution in [3.8, 4) is 0 Å². The zero-order chi connectivity index (χ0) is 23.8. The Morgan fingerprint density at radius 3 is 2.47 bits per heavy atom. The van der Waals surface area contributed by atoms with Gasteiger partial charge >= 0.3 is 23.9 Å². The van der Waals surface area contributed by atoms with Crippen molar-refractivity contribution in [1.82, 2.24) is 0 Å². The summed E-state index contributed by atoms with van der Waals surface area (Å²) in [6, 6.07) is 0. The summed E-state index contributed by atoms with van der Waals surface area (Å²) in [4.78, 5) is 48.2. The third-order valence-corrected chi connectivity index (χ3v) is 5.75. The zero-order valence-electron chi connectivity index (χ0n) is 19.3. The van der Waals surface area contributed by atoms with Crippen LogP contribution in [0, 0.1) is 5.92 Å². The second-order valence-electron chi connectivity index (χ2n) is 9.04. The van der Waals surface area contributed by atoms with Crippen LogP contribution in [0.25, 0.3) is 0 Å². The number of fused-ring (bicyclic) bond motifs is 3. The molecule has 0 saturated carbocycles. The molecule has 0 bridgehead atoms. The molecule has 0 aromatic carbocycles. The van der Waals surface area contributed by atoms with Crippen LogP contribution in [0.3, 0.4) is 0 Å². The Labute approximate surface area is 187 Å². The summed E-state index contributed by atoms with van der Waals surface area (Å²) < 4.78 is 27.9. The Balaban J connectivity index is 2.06. The van der Waals surface area contributed by atoms with Crippen LogP contribution in [-0.4, -0.2) is 60.5 Å². The van der Waals surface area contributed by atoms with Gasteiger partial charge in [0.2, 0.25) is 0 Å². The van der Waals surface area contributed by atoms with Crippen molar-refractivity contribution in [3.63, 3.8) is 0 Å². The molecule has 9 nitrogen and oxygen atoms in total. The minimum absolute atomic E-state index is 0.162. The Morgan fingerprint density at radius 1 is 1.19 bits per heavy atom. The Bertz CT molecular complexity index is 884. The van der Waals surface area contributed by atoms with Gasteiger partial charge in [0.05, 0.1) is 11.5 Å². The van der Waals surface area contributed by atoms with E-state index in [9.17, 15) is 19.2 Å². The summed E-state index contributed by atoms with van der Waals surface area (Å²) in [7, 11) is 0. The van der Waals surface area contributed by atoms with E-state index in [4.69, 9.17) is 23.7 Å². The van der Waals surface area contributed by atoms with E-state index in [-0.39, 0.29) is 24.5 Å². The maximum atomic E-state index is 12.7. The quantitative estimate of drug-likeness (QED) is 0.269. The number of epoxide rings is 1. The molecule has 2 aliphatic heterocycles. The minimum Gasteiger partial charge on any atom is -0.461 e. The van der Waals surface area contributed by atoms with E-state index in [1.807, 2.05) is 19.9 Å². The van der Waals surface area contributed by atoms with Crippen LogP contribution in [0.2, 0.25) is 0 Å². The maximum absolute atomic E-state index is 12.7. The predicted octanol–water partition coefficient (Wildman–Crippen LogP) is 2.17. The fourth-order valence-corrected chi connectivity index (χ4v) is 4.18. The number of esters is 4. The van der Waals surface area contributed by atoms with Gasteiger partial charge in [-0.3, -0.25) is 14.4 Å². The third kappa shape index (κ3) is 5.20. The van der Waals surface area contributed by atoms with Gasteiger partial charge in [-0.2, -0.15) is 0 Å². The first-order valence-corrected chi connectivity index (χ1v) is 10.7.